The topological polar surface area (TPSA) is 78.5 Å². The van der Waals surface area contributed by atoms with Gasteiger partial charge in [0.25, 0.3) is 5.91 Å². The van der Waals surface area contributed by atoms with Gasteiger partial charge in [-0.2, -0.15) is 0 Å². The van der Waals surface area contributed by atoms with Gasteiger partial charge in [-0.05, 0) is 44.0 Å². The predicted molar refractivity (Wildman–Crippen MR) is 106 cm³/mol. The van der Waals surface area contributed by atoms with Gasteiger partial charge in [-0.3, -0.25) is 14.5 Å². The molecule has 0 bridgehead atoms. The number of carbonyl (C=O) groups is 3. The first-order valence-electron chi connectivity index (χ1n) is 9.61. The summed E-state index contributed by atoms with van der Waals surface area (Å²) in [6.07, 6.45) is 0.612. The number of nitrogens with zero attached hydrogens (tertiary/aromatic N) is 1. The Bertz CT molecular complexity index is 994. The van der Waals surface area contributed by atoms with Crippen LogP contribution in [0.3, 0.4) is 0 Å². The van der Waals surface area contributed by atoms with Crippen LogP contribution in [-0.4, -0.2) is 29.3 Å². The molecule has 2 aromatic carbocycles. The summed E-state index contributed by atoms with van der Waals surface area (Å²) in [7, 11) is 0. The fraction of sp³-hybridized carbons (Fsp3) is 0.318. The third-order valence-electron chi connectivity index (χ3n) is 5.27. The second-order valence-corrected chi connectivity index (χ2v) is 7.51. The van der Waals surface area contributed by atoms with Gasteiger partial charge in [-0.15, -0.1) is 0 Å². The zero-order valence-corrected chi connectivity index (χ0v) is 17.0. The van der Waals surface area contributed by atoms with Crippen LogP contribution in [0.2, 0.25) is 0 Å². The lowest BCUT2D eigenvalue weighted by Crippen LogP contribution is -2.44. The fourth-order valence-corrected chi connectivity index (χ4v) is 3.51. The lowest BCUT2D eigenvalue weighted by molar-refractivity contribution is -0.135. The van der Waals surface area contributed by atoms with E-state index in [1.807, 2.05) is 38.1 Å². The molecule has 1 aliphatic rings. The van der Waals surface area contributed by atoms with E-state index in [2.05, 4.69) is 10.6 Å². The maximum absolute atomic E-state index is 14.2. The number of aryl methyl sites for hydroxylation is 1. The molecule has 1 aliphatic heterocycles. The van der Waals surface area contributed by atoms with Crippen molar-refractivity contribution in [2.24, 2.45) is 0 Å². The van der Waals surface area contributed by atoms with E-state index in [0.29, 0.717) is 11.3 Å². The van der Waals surface area contributed by atoms with Crippen LogP contribution >= 0.6 is 0 Å². The van der Waals surface area contributed by atoms with E-state index in [0.717, 1.165) is 29.3 Å². The first-order valence-corrected chi connectivity index (χ1v) is 9.61. The zero-order valence-electron chi connectivity index (χ0n) is 17.0. The second-order valence-electron chi connectivity index (χ2n) is 7.51. The van der Waals surface area contributed by atoms with Crippen molar-refractivity contribution in [2.45, 2.75) is 38.8 Å². The van der Waals surface area contributed by atoms with Crippen molar-refractivity contribution in [3.05, 3.63) is 70.8 Å². The van der Waals surface area contributed by atoms with Gasteiger partial charge in [0, 0.05) is 5.56 Å². The van der Waals surface area contributed by atoms with Gasteiger partial charge in [0.1, 0.15) is 23.7 Å². The molecule has 0 radical (unpaired) electrons. The van der Waals surface area contributed by atoms with Crippen LogP contribution in [-0.2, 0) is 15.1 Å². The van der Waals surface area contributed by atoms with Gasteiger partial charge in [-0.25, -0.2) is 13.6 Å². The average Bonchev–Trinajstić information content (AvgIpc) is 2.92. The van der Waals surface area contributed by atoms with Gasteiger partial charge in [0.15, 0.2) is 0 Å². The molecule has 1 saturated heterocycles. The molecule has 158 valence electrons. The molecule has 0 unspecified atom stereocenters. The molecule has 0 saturated carbocycles. The molecule has 1 heterocycles. The van der Waals surface area contributed by atoms with Gasteiger partial charge < -0.3 is 10.6 Å². The number of hydrogen-bond acceptors (Lipinski definition) is 3. The Kier molecular flexibility index (Phi) is 5.87. The van der Waals surface area contributed by atoms with E-state index in [-0.39, 0.29) is 11.6 Å². The van der Waals surface area contributed by atoms with Crippen molar-refractivity contribution in [1.82, 2.24) is 15.5 Å². The van der Waals surface area contributed by atoms with Crippen LogP contribution in [0, 0.1) is 18.6 Å². The first kappa shape index (κ1) is 21.4. The van der Waals surface area contributed by atoms with Crippen LogP contribution < -0.4 is 10.6 Å². The Morgan fingerprint density at radius 3 is 2.47 bits per heavy atom. The third-order valence-corrected chi connectivity index (χ3v) is 5.27. The van der Waals surface area contributed by atoms with Crippen LogP contribution in [0.15, 0.2) is 42.5 Å². The highest BCUT2D eigenvalue weighted by Crippen LogP contribution is 2.31. The van der Waals surface area contributed by atoms with Crippen LogP contribution in [0.4, 0.5) is 13.6 Å². The quantitative estimate of drug-likeness (QED) is 0.711. The van der Waals surface area contributed by atoms with Crippen molar-refractivity contribution < 1.29 is 23.2 Å². The molecular formula is C22H23F2N3O3. The van der Waals surface area contributed by atoms with E-state index in [9.17, 15) is 23.2 Å². The SMILES string of the molecule is CC[C@H](NC(=O)CN1C(=O)N[C@](C)(c2cc(F)ccc2F)C1=O)c1ccc(C)cc1. The van der Waals surface area contributed by atoms with Crippen molar-refractivity contribution in [1.29, 1.82) is 0 Å². The number of carbonyl (C=O) groups excluding carboxylic acids is 3. The van der Waals surface area contributed by atoms with Crippen molar-refractivity contribution in [2.75, 3.05) is 6.54 Å². The highest BCUT2D eigenvalue weighted by Gasteiger charge is 2.50. The number of urea groups is 1. The highest BCUT2D eigenvalue weighted by molar-refractivity contribution is 6.09. The van der Waals surface area contributed by atoms with E-state index >= 15 is 0 Å². The Balaban J connectivity index is 1.75. The van der Waals surface area contributed by atoms with Gasteiger partial charge in [0.2, 0.25) is 5.91 Å². The maximum Gasteiger partial charge on any atom is 0.325 e. The normalized spacial score (nSPS) is 19.6. The third kappa shape index (κ3) is 4.03. The summed E-state index contributed by atoms with van der Waals surface area (Å²) in [5.74, 6) is -2.93. The largest absolute Gasteiger partial charge is 0.348 e. The molecule has 6 nitrogen and oxygen atoms in total. The van der Waals surface area contributed by atoms with Crippen LogP contribution in [0.1, 0.15) is 43.0 Å². The summed E-state index contributed by atoms with van der Waals surface area (Å²) in [5, 5.41) is 5.19. The molecule has 30 heavy (non-hydrogen) atoms. The minimum Gasteiger partial charge on any atom is -0.348 e. The lowest BCUT2D eigenvalue weighted by Gasteiger charge is -2.23. The minimum atomic E-state index is -1.80. The number of rotatable bonds is 6. The number of benzene rings is 2. The molecule has 3 rings (SSSR count). The van der Waals surface area contributed by atoms with Crippen molar-refractivity contribution in [3.63, 3.8) is 0 Å². The Morgan fingerprint density at radius 2 is 1.83 bits per heavy atom. The van der Waals surface area contributed by atoms with Crippen LogP contribution in [0.25, 0.3) is 0 Å². The number of halogens is 2. The van der Waals surface area contributed by atoms with Gasteiger partial charge in [-0.1, -0.05) is 36.8 Å². The smallest absolute Gasteiger partial charge is 0.325 e. The minimum absolute atomic E-state index is 0.286. The maximum atomic E-state index is 14.2. The molecule has 2 atom stereocenters. The summed E-state index contributed by atoms with van der Waals surface area (Å²) in [6.45, 7) is 4.62. The van der Waals surface area contributed by atoms with Crippen molar-refractivity contribution in [3.8, 4) is 0 Å². The lowest BCUT2D eigenvalue weighted by atomic mass is 9.91. The predicted octanol–water partition coefficient (Wildman–Crippen LogP) is 3.31. The summed E-state index contributed by atoms with van der Waals surface area (Å²) >= 11 is 0. The number of imide groups is 1. The summed E-state index contributed by atoms with van der Waals surface area (Å²) in [6, 6.07) is 9.21. The molecule has 2 aromatic rings. The van der Waals surface area contributed by atoms with Gasteiger partial charge in [0.05, 0.1) is 6.04 Å². The molecule has 0 spiro atoms. The van der Waals surface area contributed by atoms with E-state index in [4.69, 9.17) is 0 Å². The standard InChI is InChI=1S/C22H23F2N3O3/c1-4-18(14-7-5-13(2)6-8-14)25-19(28)12-27-20(29)22(3,26-21(27)30)16-11-15(23)9-10-17(16)24/h5-11,18H,4,12H2,1-3H3,(H,25,28)(H,26,30)/t18-,22+/m0/s1. The Morgan fingerprint density at radius 1 is 1.17 bits per heavy atom. The van der Waals surface area contributed by atoms with Crippen LogP contribution in [0.5, 0.6) is 0 Å². The summed E-state index contributed by atoms with van der Waals surface area (Å²) in [4.78, 5) is 38.5. The number of amides is 4. The summed E-state index contributed by atoms with van der Waals surface area (Å²) < 4.78 is 27.8. The van der Waals surface area contributed by atoms with Crippen molar-refractivity contribution >= 4 is 17.8 Å². The van der Waals surface area contributed by atoms with E-state index < -0.39 is 41.6 Å². The molecule has 1 fully saturated rings. The van der Waals surface area contributed by atoms with E-state index in [1.54, 1.807) is 0 Å². The molecule has 8 heteroatoms. The fourth-order valence-electron chi connectivity index (χ4n) is 3.51. The van der Waals surface area contributed by atoms with E-state index in [1.165, 1.54) is 6.92 Å². The second kappa shape index (κ2) is 8.22. The Labute approximate surface area is 173 Å². The highest BCUT2D eigenvalue weighted by atomic mass is 19.1. The summed E-state index contributed by atoms with van der Waals surface area (Å²) in [5.41, 5.74) is -0.108. The number of nitrogens with one attached hydrogen (secondary N) is 2. The number of hydrogen-bond donors (Lipinski definition) is 2. The molecular weight excluding hydrogens is 392 g/mol. The van der Waals surface area contributed by atoms with Gasteiger partial charge >= 0.3 is 6.03 Å². The first-order chi connectivity index (χ1) is 14.2. The molecule has 2 N–H and O–H groups in total. The molecule has 4 amide bonds. The Hall–Kier alpha value is -3.29. The molecule has 0 aliphatic carbocycles. The average molecular weight is 415 g/mol. The monoisotopic (exact) mass is 415 g/mol. The zero-order chi connectivity index (χ0) is 22.1. The molecule has 0 aromatic heterocycles.